The van der Waals surface area contributed by atoms with E-state index in [4.69, 9.17) is 11.6 Å². The first kappa shape index (κ1) is 12.7. The topological polar surface area (TPSA) is 66.0 Å². The zero-order chi connectivity index (χ0) is 14.1. The number of amides is 2. The minimum atomic E-state index is -0.470. The summed E-state index contributed by atoms with van der Waals surface area (Å²) in [6.45, 7) is 0.367. The van der Waals surface area contributed by atoms with Crippen LogP contribution in [-0.4, -0.2) is 11.0 Å². The zero-order valence-electron chi connectivity index (χ0n) is 10.2. The third kappa shape index (κ3) is 2.37. The predicted molar refractivity (Wildman–Crippen MR) is 74.8 cm³/mol. The summed E-state index contributed by atoms with van der Waals surface area (Å²) in [5.41, 5.74) is 2.25. The Morgan fingerprint density at radius 3 is 3.00 bits per heavy atom. The SMILES string of the molecule is O=C1NCc2c(Nc3ccc(F)c(Cl)c3)ccnc2N1. The van der Waals surface area contributed by atoms with Gasteiger partial charge in [0.25, 0.3) is 0 Å². The second-order valence-electron chi connectivity index (χ2n) is 4.25. The summed E-state index contributed by atoms with van der Waals surface area (Å²) < 4.78 is 13.1. The molecule has 2 heterocycles. The fourth-order valence-corrected chi connectivity index (χ4v) is 2.13. The highest BCUT2D eigenvalue weighted by Crippen LogP contribution is 2.28. The van der Waals surface area contributed by atoms with Gasteiger partial charge in [-0.2, -0.15) is 0 Å². The Kier molecular flexibility index (Phi) is 3.15. The molecule has 20 heavy (non-hydrogen) atoms. The molecule has 102 valence electrons. The third-order valence-corrected chi connectivity index (χ3v) is 3.20. The first-order chi connectivity index (χ1) is 9.63. The first-order valence-electron chi connectivity index (χ1n) is 5.88. The molecule has 0 fully saturated rings. The number of carbonyl (C=O) groups excluding carboxylic acids is 1. The van der Waals surface area contributed by atoms with Crippen molar-refractivity contribution in [3.8, 4) is 0 Å². The van der Waals surface area contributed by atoms with E-state index in [1.807, 2.05) is 0 Å². The highest BCUT2D eigenvalue weighted by molar-refractivity contribution is 6.31. The van der Waals surface area contributed by atoms with Crippen LogP contribution in [-0.2, 0) is 6.54 Å². The summed E-state index contributed by atoms with van der Waals surface area (Å²) in [7, 11) is 0. The number of urea groups is 1. The lowest BCUT2D eigenvalue weighted by Gasteiger charge is -2.20. The number of pyridine rings is 1. The zero-order valence-corrected chi connectivity index (χ0v) is 11.0. The highest BCUT2D eigenvalue weighted by Gasteiger charge is 2.18. The molecule has 2 amide bonds. The minimum absolute atomic E-state index is 0.0457. The number of nitrogens with zero attached hydrogens (tertiary/aromatic N) is 1. The van der Waals surface area contributed by atoms with Crippen molar-refractivity contribution < 1.29 is 9.18 Å². The molecular weight excluding hydrogens is 283 g/mol. The van der Waals surface area contributed by atoms with Gasteiger partial charge in [-0.1, -0.05) is 11.6 Å². The van der Waals surface area contributed by atoms with E-state index in [-0.39, 0.29) is 11.1 Å². The number of anilines is 3. The molecule has 0 saturated carbocycles. The van der Waals surface area contributed by atoms with Crippen LogP contribution in [0.25, 0.3) is 0 Å². The Hall–Kier alpha value is -2.34. The fourth-order valence-electron chi connectivity index (χ4n) is 1.95. The fraction of sp³-hybridized carbons (Fsp3) is 0.0769. The molecule has 1 aromatic carbocycles. The average molecular weight is 293 g/mol. The average Bonchev–Trinajstić information content (AvgIpc) is 2.43. The van der Waals surface area contributed by atoms with E-state index in [1.165, 1.54) is 12.1 Å². The molecule has 3 N–H and O–H groups in total. The van der Waals surface area contributed by atoms with Gasteiger partial charge >= 0.3 is 6.03 Å². The normalized spacial score (nSPS) is 13.2. The van der Waals surface area contributed by atoms with Crippen molar-refractivity contribution in [2.75, 3.05) is 10.6 Å². The van der Waals surface area contributed by atoms with Gasteiger partial charge in [0.05, 0.1) is 11.6 Å². The predicted octanol–water partition coefficient (Wildman–Crippen LogP) is 3.25. The molecule has 0 aliphatic carbocycles. The Bertz CT molecular complexity index is 692. The van der Waals surface area contributed by atoms with Gasteiger partial charge in [-0.05, 0) is 24.3 Å². The molecule has 1 aromatic heterocycles. The van der Waals surface area contributed by atoms with Crippen molar-refractivity contribution >= 4 is 34.8 Å². The van der Waals surface area contributed by atoms with E-state index in [0.29, 0.717) is 18.1 Å². The van der Waals surface area contributed by atoms with Crippen LogP contribution < -0.4 is 16.0 Å². The summed E-state index contributed by atoms with van der Waals surface area (Å²) in [5.74, 6) is 0.0369. The van der Waals surface area contributed by atoms with Gasteiger partial charge in [-0.3, -0.25) is 5.32 Å². The first-order valence-corrected chi connectivity index (χ1v) is 6.26. The van der Waals surface area contributed by atoms with Crippen molar-refractivity contribution in [3.63, 3.8) is 0 Å². The molecule has 5 nitrogen and oxygen atoms in total. The van der Waals surface area contributed by atoms with Crippen LogP contribution in [0.3, 0.4) is 0 Å². The molecule has 0 bridgehead atoms. The maximum Gasteiger partial charge on any atom is 0.320 e. The van der Waals surface area contributed by atoms with Crippen LogP contribution in [0, 0.1) is 5.82 Å². The van der Waals surface area contributed by atoms with Crippen LogP contribution in [0.1, 0.15) is 5.56 Å². The number of halogens is 2. The third-order valence-electron chi connectivity index (χ3n) is 2.91. The second kappa shape index (κ2) is 4.97. The Balaban J connectivity index is 1.93. The van der Waals surface area contributed by atoms with E-state index >= 15 is 0 Å². The minimum Gasteiger partial charge on any atom is -0.355 e. The van der Waals surface area contributed by atoms with Gasteiger partial charge in [0.2, 0.25) is 0 Å². The maximum absolute atomic E-state index is 13.1. The monoisotopic (exact) mass is 292 g/mol. The van der Waals surface area contributed by atoms with E-state index < -0.39 is 5.82 Å². The second-order valence-corrected chi connectivity index (χ2v) is 4.65. The molecule has 2 aromatic rings. The smallest absolute Gasteiger partial charge is 0.320 e. The van der Waals surface area contributed by atoms with Gasteiger partial charge in [0.1, 0.15) is 11.6 Å². The van der Waals surface area contributed by atoms with Crippen molar-refractivity contribution in [3.05, 3.63) is 46.9 Å². The summed E-state index contributed by atoms with van der Waals surface area (Å²) in [5, 5.41) is 8.47. The number of carbonyl (C=O) groups is 1. The number of rotatable bonds is 2. The molecule has 0 unspecified atom stereocenters. The van der Waals surface area contributed by atoms with Gasteiger partial charge in [-0.15, -0.1) is 0 Å². The van der Waals surface area contributed by atoms with Crippen molar-refractivity contribution in [2.45, 2.75) is 6.54 Å². The van der Waals surface area contributed by atoms with Gasteiger partial charge in [-0.25, -0.2) is 14.2 Å². The maximum atomic E-state index is 13.1. The molecule has 1 aliphatic rings. The van der Waals surface area contributed by atoms with Crippen molar-refractivity contribution in [1.82, 2.24) is 10.3 Å². The van der Waals surface area contributed by atoms with E-state index in [0.717, 1.165) is 11.3 Å². The summed E-state index contributed by atoms with van der Waals surface area (Å²) in [4.78, 5) is 15.3. The lowest BCUT2D eigenvalue weighted by Crippen LogP contribution is -2.34. The summed E-state index contributed by atoms with van der Waals surface area (Å²) in [6, 6.07) is 5.86. The number of hydrogen-bond acceptors (Lipinski definition) is 3. The number of nitrogens with one attached hydrogen (secondary N) is 3. The Morgan fingerprint density at radius 2 is 2.20 bits per heavy atom. The highest BCUT2D eigenvalue weighted by atomic mass is 35.5. The number of aromatic nitrogens is 1. The van der Waals surface area contributed by atoms with Crippen LogP contribution in [0.15, 0.2) is 30.5 Å². The van der Waals surface area contributed by atoms with Gasteiger partial charge in [0, 0.05) is 23.1 Å². The molecule has 0 spiro atoms. The van der Waals surface area contributed by atoms with E-state index in [9.17, 15) is 9.18 Å². The van der Waals surface area contributed by atoms with Crippen molar-refractivity contribution in [2.24, 2.45) is 0 Å². The lowest BCUT2D eigenvalue weighted by molar-refractivity contribution is 0.250. The number of hydrogen-bond donors (Lipinski definition) is 3. The molecular formula is C13H10ClFN4O. The van der Waals surface area contributed by atoms with Gasteiger partial charge in [0.15, 0.2) is 0 Å². The Labute approximate surface area is 119 Å². The van der Waals surface area contributed by atoms with Crippen LogP contribution in [0.4, 0.5) is 26.4 Å². The van der Waals surface area contributed by atoms with Crippen LogP contribution in [0.2, 0.25) is 5.02 Å². The van der Waals surface area contributed by atoms with Gasteiger partial charge < -0.3 is 10.6 Å². The van der Waals surface area contributed by atoms with Crippen LogP contribution >= 0.6 is 11.6 Å². The molecule has 3 rings (SSSR count). The quantitative estimate of drug-likeness (QED) is 0.796. The molecule has 0 radical (unpaired) electrons. The van der Waals surface area contributed by atoms with Crippen LogP contribution in [0.5, 0.6) is 0 Å². The largest absolute Gasteiger partial charge is 0.355 e. The summed E-state index contributed by atoms with van der Waals surface area (Å²) in [6.07, 6.45) is 1.58. The molecule has 0 atom stereocenters. The standard InChI is InChI=1S/C13H10ClFN4O/c14-9-5-7(1-2-10(9)15)18-11-3-4-16-12-8(11)6-17-13(20)19-12/h1-5H,6H2,(H3,16,17,18,19,20). The van der Waals surface area contributed by atoms with Crippen molar-refractivity contribution in [1.29, 1.82) is 0 Å². The molecule has 7 heteroatoms. The van der Waals surface area contributed by atoms with E-state index in [1.54, 1.807) is 18.3 Å². The molecule has 0 saturated heterocycles. The number of fused-ring (bicyclic) bond motifs is 1. The Morgan fingerprint density at radius 1 is 1.35 bits per heavy atom. The summed E-state index contributed by atoms with van der Waals surface area (Å²) >= 11 is 5.75. The molecule has 1 aliphatic heterocycles. The number of benzene rings is 1. The van der Waals surface area contributed by atoms with E-state index in [2.05, 4.69) is 20.9 Å². The lowest BCUT2D eigenvalue weighted by atomic mass is 10.1.